The lowest BCUT2D eigenvalue weighted by Gasteiger charge is -2.26. The molecule has 0 unspecified atom stereocenters. The molecule has 0 N–H and O–H groups in total. The number of rotatable bonds is 11. The van der Waals surface area contributed by atoms with Gasteiger partial charge in [0.15, 0.2) is 9.84 Å². The van der Waals surface area contributed by atoms with Crippen LogP contribution >= 0.6 is 0 Å². The molecule has 1 aromatic rings. The molecule has 0 aliphatic carbocycles. The third kappa shape index (κ3) is 6.85. The van der Waals surface area contributed by atoms with Gasteiger partial charge < -0.3 is 0 Å². The van der Waals surface area contributed by atoms with Gasteiger partial charge in [0.1, 0.15) is 0 Å². The summed E-state index contributed by atoms with van der Waals surface area (Å²) in [6.07, 6.45) is 8.53. The van der Waals surface area contributed by atoms with Gasteiger partial charge in [-0.1, -0.05) is 37.8 Å². The smallest absolute Gasteiger partial charge is 0.229 e. The molecule has 1 aromatic carbocycles. The molecule has 0 amide bonds. The average Bonchev–Trinajstić information content (AvgIpc) is 2.68. The monoisotopic (exact) mass is 429 g/mol. The Hall–Kier alpha value is -0.920. The highest BCUT2D eigenvalue weighted by Crippen LogP contribution is 2.22. The van der Waals surface area contributed by atoms with Crippen molar-refractivity contribution in [1.29, 1.82) is 0 Å². The second-order valence-corrected chi connectivity index (χ2v) is 12.7. The second kappa shape index (κ2) is 10.7. The van der Waals surface area contributed by atoms with Gasteiger partial charge >= 0.3 is 0 Å². The van der Waals surface area contributed by atoms with Crippen LogP contribution in [0.2, 0.25) is 0 Å². The molecule has 1 heterocycles. The molecule has 0 spiro atoms. The summed E-state index contributed by atoms with van der Waals surface area (Å²) < 4.78 is 50.8. The predicted octanol–water partition coefficient (Wildman–Crippen LogP) is 4.18. The van der Waals surface area contributed by atoms with Crippen molar-refractivity contribution in [1.82, 2.24) is 4.31 Å². The molecular weight excluding hydrogens is 394 g/mol. The summed E-state index contributed by atoms with van der Waals surface area (Å²) in [5, 5.41) is -0.291. The van der Waals surface area contributed by atoms with Gasteiger partial charge in [-0.15, -0.1) is 0 Å². The number of benzene rings is 1. The van der Waals surface area contributed by atoms with Crippen LogP contribution < -0.4 is 0 Å². The highest BCUT2D eigenvalue weighted by molar-refractivity contribution is 7.91. The van der Waals surface area contributed by atoms with Crippen molar-refractivity contribution in [3.8, 4) is 0 Å². The summed E-state index contributed by atoms with van der Waals surface area (Å²) in [6, 6.07) is 7.34. The lowest BCUT2D eigenvalue weighted by molar-refractivity contribution is 0.346. The van der Waals surface area contributed by atoms with Crippen molar-refractivity contribution in [2.75, 3.05) is 18.8 Å². The Morgan fingerprint density at radius 1 is 0.893 bits per heavy atom. The molecule has 7 heteroatoms. The van der Waals surface area contributed by atoms with Gasteiger partial charge in [-0.2, -0.15) is 4.31 Å². The fourth-order valence-corrected chi connectivity index (χ4v) is 6.18. The standard InChI is InChI=1S/C21H35NO4S2/c1-19(2)27(23,24)17-10-5-3-4-7-12-20-13-11-14-21(18-20)28(25,26)22-15-8-6-9-16-22/h11,13-14,18-19H,3-10,12,15-17H2,1-2H3. The number of sulfonamides is 1. The second-order valence-electron chi connectivity index (χ2n) is 8.05. The van der Waals surface area contributed by atoms with E-state index < -0.39 is 19.9 Å². The van der Waals surface area contributed by atoms with Crippen LogP contribution in [-0.2, 0) is 26.3 Å². The van der Waals surface area contributed by atoms with Gasteiger partial charge in [-0.3, -0.25) is 0 Å². The zero-order chi connectivity index (χ0) is 20.6. The zero-order valence-corrected chi connectivity index (χ0v) is 18.9. The molecule has 1 aliphatic rings. The third-order valence-electron chi connectivity index (χ3n) is 5.46. The highest BCUT2D eigenvalue weighted by atomic mass is 32.2. The van der Waals surface area contributed by atoms with E-state index in [1.807, 2.05) is 18.2 Å². The average molecular weight is 430 g/mol. The van der Waals surface area contributed by atoms with Crippen LogP contribution in [0.1, 0.15) is 70.8 Å². The van der Waals surface area contributed by atoms with Gasteiger partial charge in [0, 0.05) is 13.1 Å². The molecule has 160 valence electrons. The first-order valence-electron chi connectivity index (χ1n) is 10.5. The van der Waals surface area contributed by atoms with E-state index in [2.05, 4.69) is 0 Å². The van der Waals surface area contributed by atoms with Crippen LogP contribution in [0.5, 0.6) is 0 Å². The minimum Gasteiger partial charge on any atom is -0.229 e. The van der Waals surface area contributed by atoms with E-state index in [9.17, 15) is 16.8 Å². The van der Waals surface area contributed by atoms with Crippen LogP contribution in [-0.4, -0.2) is 45.2 Å². The van der Waals surface area contributed by atoms with Gasteiger partial charge in [0.05, 0.1) is 15.9 Å². The maximum Gasteiger partial charge on any atom is 0.243 e. The Kier molecular flexibility index (Phi) is 8.96. The van der Waals surface area contributed by atoms with Gasteiger partial charge in [-0.05, 0) is 63.6 Å². The van der Waals surface area contributed by atoms with Crippen molar-refractivity contribution in [2.24, 2.45) is 0 Å². The Balaban J connectivity index is 1.76. The van der Waals surface area contributed by atoms with Crippen LogP contribution in [0.4, 0.5) is 0 Å². The summed E-state index contributed by atoms with van der Waals surface area (Å²) in [5.74, 6) is 0.279. The first-order chi connectivity index (χ1) is 13.2. The lowest BCUT2D eigenvalue weighted by Crippen LogP contribution is -2.35. The van der Waals surface area contributed by atoms with E-state index in [4.69, 9.17) is 0 Å². The van der Waals surface area contributed by atoms with Crippen molar-refractivity contribution in [3.05, 3.63) is 29.8 Å². The first kappa shape index (κ1) is 23.4. The number of hydrogen-bond donors (Lipinski definition) is 0. The van der Waals surface area contributed by atoms with E-state index in [1.165, 1.54) is 0 Å². The van der Waals surface area contributed by atoms with Crippen molar-refractivity contribution in [2.45, 2.75) is 81.8 Å². The molecule has 0 aromatic heterocycles. The molecule has 5 nitrogen and oxygen atoms in total. The number of unbranched alkanes of at least 4 members (excludes halogenated alkanes) is 4. The molecule has 1 saturated heterocycles. The summed E-state index contributed by atoms with van der Waals surface area (Å²) in [7, 11) is -6.29. The number of nitrogens with zero attached hydrogens (tertiary/aromatic N) is 1. The van der Waals surface area contributed by atoms with Crippen molar-refractivity contribution in [3.63, 3.8) is 0 Å². The van der Waals surface area contributed by atoms with E-state index in [0.29, 0.717) is 18.0 Å². The number of sulfone groups is 1. The number of aryl methyl sites for hydroxylation is 1. The predicted molar refractivity (Wildman–Crippen MR) is 115 cm³/mol. The van der Waals surface area contributed by atoms with Crippen LogP contribution in [0.25, 0.3) is 0 Å². The minimum absolute atomic E-state index is 0.279. The van der Waals surface area contributed by atoms with Crippen molar-refractivity contribution < 1.29 is 16.8 Å². The normalized spacial score (nSPS) is 16.5. The Morgan fingerprint density at radius 2 is 1.54 bits per heavy atom. The zero-order valence-electron chi connectivity index (χ0n) is 17.3. The van der Waals surface area contributed by atoms with E-state index in [1.54, 1.807) is 24.2 Å². The number of piperidine rings is 1. The Morgan fingerprint density at radius 3 is 2.21 bits per heavy atom. The maximum absolute atomic E-state index is 12.8. The molecule has 0 radical (unpaired) electrons. The minimum atomic E-state index is -3.37. The van der Waals surface area contributed by atoms with E-state index >= 15 is 0 Å². The third-order valence-corrected chi connectivity index (χ3v) is 9.65. The molecule has 1 fully saturated rings. The number of hydrogen-bond acceptors (Lipinski definition) is 4. The molecule has 28 heavy (non-hydrogen) atoms. The van der Waals surface area contributed by atoms with Gasteiger partial charge in [0.25, 0.3) is 0 Å². The Bertz CT molecular complexity index is 811. The van der Waals surface area contributed by atoms with Gasteiger partial charge in [0.2, 0.25) is 10.0 Å². The van der Waals surface area contributed by atoms with Crippen LogP contribution in [0, 0.1) is 0 Å². The van der Waals surface area contributed by atoms with E-state index in [-0.39, 0.29) is 11.0 Å². The molecule has 0 saturated carbocycles. The van der Waals surface area contributed by atoms with Crippen molar-refractivity contribution >= 4 is 19.9 Å². The quantitative estimate of drug-likeness (QED) is 0.495. The van der Waals surface area contributed by atoms with Gasteiger partial charge in [-0.25, -0.2) is 16.8 Å². The highest BCUT2D eigenvalue weighted by Gasteiger charge is 2.25. The maximum atomic E-state index is 12.8. The SMILES string of the molecule is CC(C)S(=O)(=O)CCCCCCCc1cccc(S(=O)(=O)N2CCCCC2)c1. The van der Waals surface area contributed by atoms with Crippen LogP contribution in [0.3, 0.4) is 0 Å². The molecule has 0 atom stereocenters. The summed E-state index contributed by atoms with van der Waals surface area (Å²) in [5.41, 5.74) is 1.06. The summed E-state index contributed by atoms with van der Waals surface area (Å²) >= 11 is 0. The largest absolute Gasteiger partial charge is 0.243 e. The first-order valence-corrected chi connectivity index (χ1v) is 13.7. The molecular formula is C21H35NO4S2. The van der Waals surface area contributed by atoms with Crippen LogP contribution in [0.15, 0.2) is 29.2 Å². The molecule has 1 aliphatic heterocycles. The molecule has 0 bridgehead atoms. The topological polar surface area (TPSA) is 71.5 Å². The summed E-state index contributed by atoms with van der Waals surface area (Å²) in [4.78, 5) is 0.408. The summed E-state index contributed by atoms with van der Waals surface area (Å²) in [6.45, 7) is 4.71. The molecule has 2 rings (SSSR count). The fourth-order valence-electron chi connectivity index (χ4n) is 3.51. The Labute approximate surface area is 171 Å². The van der Waals surface area contributed by atoms with E-state index in [0.717, 1.165) is 63.4 Å². The fraction of sp³-hybridized carbons (Fsp3) is 0.714. The lowest BCUT2D eigenvalue weighted by atomic mass is 10.1.